The van der Waals surface area contributed by atoms with E-state index >= 15 is 0 Å². The first kappa shape index (κ1) is 15.0. The second kappa shape index (κ2) is 5.83. The summed E-state index contributed by atoms with van der Waals surface area (Å²) < 4.78 is 0. The Morgan fingerprint density at radius 3 is 3.00 bits per heavy atom. The topological polar surface area (TPSA) is 88.0 Å². The number of aryl methyl sites for hydroxylation is 2. The van der Waals surface area contributed by atoms with Gasteiger partial charge in [-0.3, -0.25) is 9.78 Å². The fourth-order valence-electron chi connectivity index (χ4n) is 2.99. The number of pyridine rings is 1. The van der Waals surface area contributed by atoms with Crippen molar-refractivity contribution in [3.63, 3.8) is 0 Å². The van der Waals surface area contributed by atoms with Gasteiger partial charge in [-0.2, -0.15) is 0 Å². The molecule has 6 nitrogen and oxygen atoms in total. The summed E-state index contributed by atoms with van der Waals surface area (Å²) in [4.78, 5) is 27.0. The lowest BCUT2D eigenvalue weighted by Gasteiger charge is -2.13. The molecule has 2 N–H and O–H groups in total. The van der Waals surface area contributed by atoms with E-state index in [2.05, 4.69) is 15.3 Å². The Kier molecular flexibility index (Phi) is 3.65. The number of aromatic nitrogens is 3. The number of carboxylic acid groups (broad SMARTS) is 1. The summed E-state index contributed by atoms with van der Waals surface area (Å²) in [6.45, 7) is 1.62. The molecule has 0 amide bonds. The molecule has 3 heterocycles. The molecule has 3 aromatic rings. The smallest absolute Gasteiger partial charge is 0.325 e. The number of nitrogens with zero attached hydrogens (tertiary/aromatic N) is 3. The van der Waals surface area contributed by atoms with Gasteiger partial charge >= 0.3 is 5.97 Å². The fraction of sp³-hybridized carbons (Fsp3) is 0.294. The summed E-state index contributed by atoms with van der Waals surface area (Å²) in [6.07, 6.45) is 6.61. The third kappa shape index (κ3) is 2.50. The molecule has 122 valence electrons. The Balaban J connectivity index is 1.90. The number of thiophene rings is 1. The number of anilines is 1. The maximum absolute atomic E-state index is 11.3. The van der Waals surface area contributed by atoms with Gasteiger partial charge in [0.05, 0.1) is 5.39 Å². The van der Waals surface area contributed by atoms with Crippen LogP contribution in [0.15, 0.2) is 24.5 Å². The molecule has 0 aliphatic heterocycles. The lowest BCUT2D eigenvalue weighted by molar-refractivity contribution is -0.137. The minimum atomic E-state index is -0.906. The molecule has 0 fully saturated rings. The van der Waals surface area contributed by atoms with Gasteiger partial charge in [-0.25, -0.2) is 9.97 Å². The average molecular weight is 340 g/mol. The molecule has 0 saturated heterocycles. The summed E-state index contributed by atoms with van der Waals surface area (Å²) >= 11 is 1.69. The predicted octanol–water partition coefficient (Wildman–Crippen LogP) is 3.13. The molecular weight excluding hydrogens is 324 g/mol. The van der Waals surface area contributed by atoms with Crippen molar-refractivity contribution in [2.24, 2.45) is 0 Å². The van der Waals surface area contributed by atoms with Crippen LogP contribution in [-0.2, 0) is 17.6 Å². The van der Waals surface area contributed by atoms with E-state index in [9.17, 15) is 9.90 Å². The molecule has 24 heavy (non-hydrogen) atoms. The van der Waals surface area contributed by atoms with E-state index in [0.29, 0.717) is 11.6 Å². The van der Waals surface area contributed by atoms with Gasteiger partial charge in [0.1, 0.15) is 16.7 Å². The number of hydrogen-bond acceptors (Lipinski definition) is 6. The van der Waals surface area contributed by atoms with E-state index in [0.717, 1.165) is 35.0 Å². The molecule has 4 rings (SSSR count). The zero-order valence-electron chi connectivity index (χ0n) is 13.1. The molecule has 0 radical (unpaired) electrons. The highest BCUT2D eigenvalue weighted by molar-refractivity contribution is 7.19. The van der Waals surface area contributed by atoms with Crippen LogP contribution in [-0.4, -0.2) is 32.1 Å². The second-order valence-corrected chi connectivity index (χ2v) is 6.96. The van der Waals surface area contributed by atoms with Gasteiger partial charge in [-0.15, -0.1) is 11.3 Å². The van der Waals surface area contributed by atoms with Crippen molar-refractivity contribution in [1.29, 1.82) is 0 Å². The molecule has 0 bridgehead atoms. The maximum Gasteiger partial charge on any atom is 0.325 e. The van der Waals surface area contributed by atoms with Gasteiger partial charge in [0, 0.05) is 22.8 Å². The summed E-state index contributed by atoms with van der Waals surface area (Å²) in [7, 11) is 0. The highest BCUT2D eigenvalue weighted by Gasteiger charge is 2.24. The number of nitrogens with one attached hydrogen (secondary N) is 1. The van der Waals surface area contributed by atoms with E-state index in [1.807, 2.05) is 12.1 Å². The molecular formula is C17H16N4O2S. The first-order valence-corrected chi connectivity index (χ1v) is 8.67. The molecule has 1 aliphatic rings. The number of carboxylic acids is 1. The van der Waals surface area contributed by atoms with Crippen LogP contribution in [0.4, 0.5) is 5.82 Å². The van der Waals surface area contributed by atoms with Crippen molar-refractivity contribution < 1.29 is 9.90 Å². The van der Waals surface area contributed by atoms with E-state index in [1.54, 1.807) is 30.7 Å². The predicted molar refractivity (Wildman–Crippen MR) is 93.4 cm³/mol. The van der Waals surface area contributed by atoms with Crippen LogP contribution in [0.25, 0.3) is 21.6 Å². The highest BCUT2D eigenvalue weighted by atomic mass is 32.1. The standard InChI is InChI=1S/C17H16N4O2S/c1-9(17(22)23)19-15-13-11-5-2-6-12(11)24-16(13)21-14(20-15)10-4-3-7-18-8-10/h3-4,7-9H,2,5-6H2,1H3,(H,22,23)(H,19,20,21)/t9-/m1/s1. The Morgan fingerprint density at radius 2 is 2.25 bits per heavy atom. The summed E-state index contributed by atoms with van der Waals surface area (Å²) in [5, 5.41) is 13.3. The summed E-state index contributed by atoms with van der Waals surface area (Å²) in [6, 6.07) is 3.02. The Hall–Kier alpha value is -2.54. The fourth-order valence-corrected chi connectivity index (χ4v) is 4.25. The molecule has 3 aromatic heterocycles. The van der Waals surface area contributed by atoms with Gasteiger partial charge < -0.3 is 10.4 Å². The third-order valence-electron chi connectivity index (χ3n) is 4.21. The number of hydrogen-bond donors (Lipinski definition) is 2. The second-order valence-electron chi connectivity index (χ2n) is 5.88. The maximum atomic E-state index is 11.3. The first-order valence-electron chi connectivity index (χ1n) is 7.85. The first-order chi connectivity index (χ1) is 11.6. The van der Waals surface area contributed by atoms with Crippen molar-refractivity contribution in [1.82, 2.24) is 15.0 Å². The van der Waals surface area contributed by atoms with Crippen LogP contribution < -0.4 is 5.32 Å². The summed E-state index contributed by atoms with van der Waals surface area (Å²) in [5.74, 6) is 0.264. The number of aliphatic carboxylic acids is 1. The zero-order chi connectivity index (χ0) is 16.7. The molecule has 1 aliphatic carbocycles. The molecule has 0 unspecified atom stereocenters. The Bertz CT molecular complexity index is 923. The number of fused-ring (bicyclic) bond motifs is 3. The van der Waals surface area contributed by atoms with Gasteiger partial charge in [0.2, 0.25) is 0 Å². The quantitative estimate of drug-likeness (QED) is 0.759. The van der Waals surface area contributed by atoms with E-state index < -0.39 is 12.0 Å². The number of rotatable bonds is 4. The van der Waals surface area contributed by atoms with Crippen LogP contribution in [0.1, 0.15) is 23.8 Å². The molecule has 0 saturated carbocycles. The van der Waals surface area contributed by atoms with Crippen LogP contribution in [0.5, 0.6) is 0 Å². The lowest BCUT2D eigenvalue weighted by Crippen LogP contribution is -2.26. The number of carbonyl (C=O) groups is 1. The third-order valence-corrected chi connectivity index (χ3v) is 5.39. The zero-order valence-corrected chi connectivity index (χ0v) is 13.9. The van der Waals surface area contributed by atoms with Crippen molar-refractivity contribution in [3.8, 4) is 11.4 Å². The average Bonchev–Trinajstić information content (AvgIpc) is 3.15. The van der Waals surface area contributed by atoms with Gasteiger partial charge in [0.25, 0.3) is 0 Å². The minimum absolute atomic E-state index is 0.565. The van der Waals surface area contributed by atoms with Crippen molar-refractivity contribution in [2.45, 2.75) is 32.2 Å². The monoisotopic (exact) mass is 340 g/mol. The molecule has 0 aromatic carbocycles. The van der Waals surface area contributed by atoms with Gasteiger partial charge in [-0.1, -0.05) is 0 Å². The van der Waals surface area contributed by atoms with E-state index in [4.69, 9.17) is 4.98 Å². The van der Waals surface area contributed by atoms with Crippen LogP contribution >= 0.6 is 11.3 Å². The summed E-state index contributed by atoms with van der Waals surface area (Å²) in [5.41, 5.74) is 2.09. The van der Waals surface area contributed by atoms with Crippen molar-refractivity contribution >= 4 is 33.3 Å². The molecule has 0 spiro atoms. The Labute approximate surface area is 142 Å². The van der Waals surface area contributed by atoms with E-state index in [-0.39, 0.29) is 0 Å². The molecule has 7 heteroatoms. The van der Waals surface area contributed by atoms with Crippen molar-refractivity contribution in [2.75, 3.05) is 5.32 Å². The largest absolute Gasteiger partial charge is 0.480 e. The normalized spacial score (nSPS) is 14.5. The highest BCUT2D eigenvalue weighted by Crippen LogP contribution is 2.40. The lowest BCUT2D eigenvalue weighted by atomic mass is 10.1. The van der Waals surface area contributed by atoms with Gasteiger partial charge in [-0.05, 0) is 43.9 Å². The van der Waals surface area contributed by atoms with Crippen LogP contribution in [0, 0.1) is 0 Å². The van der Waals surface area contributed by atoms with Gasteiger partial charge in [0.15, 0.2) is 5.82 Å². The SMILES string of the molecule is C[C@@H](Nc1nc(-c2cccnc2)nc2sc3c(c12)CCC3)C(=O)O. The minimum Gasteiger partial charge on any atom is -0.480 e. The van der Waals surface area contributed by atoms with E-state index in [1.165, 1.54) is 10.4 Å². The molecule has 1 atom stereocenters. The Morgan fingerprint density at radius 1 is 1.38 bits per heavy atom. The van der Waals surface area contributed by atoms with Crippen LogP contribution in [0.2, 0.25) is 0 Å². The van der Waals surface area contributed by atoms with Crippen LogP contribution in [0.3, 0.4) is 0 Å². The van der Waals surface area contributed by atoms with Crippen molar-refractivity contribution in [3.05, 3.63) is 35.0 Å².